The maximum Gasteiger partial charge on any atom is 0.233 e. The number of aromatic hydroxyl groups is 1. The Morgan fingerprint density at radius 3 is 2.62 bits per heavy atom. The van der Waals surface area contributed by atoms with Crippen LogP contribution in [0.1, 0.15) is 12.8 Å². The van der Waals surface area contributed by atoms with Gasteiger partial charge in [0.05, 0.1) is 23.8 Å². The number of aromatic nitrogens is 5. The third-order valence-electron chi connectivity index (χ3n) is 3.84. The van der Waals surface area contributed by atoms with E-state index in [-0.39, 0.29) is 11.9 Å². The fourth-order valence-corrected chi connectivity index (χ4v) is 2.61. The molecule has 1 N–H and O–H groups in total. The van der Waals surface area contributed by atoms with Gasteiger partial charge in [0, 0.05) is 30.5 Å². The molecule has 0 saturated carbocycles. The number of phenols is 1. The highest BCUT2D eigenvalue weighted by Crippen LogP contribution is 2.30. The van der Waals surface area contributed by atoms with Crippen molar-refractivity contribution in [3.63, 3.8) is 0 Å². The molecule has 7 heteroatoms. The zero-order valence-electron chi connectivity index (χ0n) is 12.8. The number of hydrogen-bond acceptors (Lipinski definition) is 6. The second-order valence-corrected chi connectivity index (χ2v) is 5.49. The van der Waals surface area contributed by atoms with Crippen molar-refractivity contribution in [2.24, 2.45) is 0 Å². The molecular weight excluding hydrogens is 306 g/mol. The fraction of sp³-hybridized carbons (Fsp3) is 0.176. The summed E-state index contributed by atoms with van der Waals surface area (Å²) in [5, 5.41) is 26.2. The van der Waals surface area contributed by atoms with Crippen molar-refractivity contribution in [1.29, 1.82) is 0 Å². The predicted octanol–water partition coefficient (Wildman–Crippen LogP) is 2.53. The Kier molecular flexibility index (Phi) is 3.66. The highest BCUT2D eigenvalue weighted by atomic mass is 16.5. The topological polar surface area (TPSA) is 86.0 Å². The van der Waals surface area contributed by atoms with Gasteiger partial charge in [-0.3, -0.25) is 0 Å². The van der Waals surface area contributed by atoms with Gasteiger partial charge in [-0.2, -0.15) is 0 Å². The van der Waals surface area contributed by atoms with Crippen LogP contribution in [-0.4, -0.2) is 36.4 Å². The summed E-state index contributed by atoms with van der Waals surface area (Å²) in [6, 6.07) is 8.78. The third-order valence-corrected chi connectivity index (χ3v) is 3.84. The van der Waals surface area contributed by atoms with Crippen molar-refractivity contribution in [3.8, 4) is 28.6 Å². The van der Waals surface area contributed by atoms with Crippen molar-refractivity contribution in [2.45, 2.75) is 18.9 Å². The minimum absolute atomic E-state index is 0.103. The van der Waals surface area contributed by atoms with Gasteiger partial charge in [0.15, 0.2) is 0 Å². The van der Waals surface area contributed by atoms with E-state index in [0.29, 0.717) is 17.1 Å². The van der Waals surface area contributed by atoms with Crippen LogP contribution < -0.4 is 4.74 Å². The van der Waals surface area contributed by atoms with E-state index in [4.69, 9.17) is 4.74 Å². The molecule has 0 unspecified atom stereocenters. The van der Waals surface area contributed by atoms with E-state index in [1.807, 2.05) is 6.07 Å². The summed E-state index contributed by atoms with van der Waals surface area (Å²) in [4.78, 5) is 0. The van der Waals surface area contributed by atoms with Crippen LogP contribution in [0, 0.1) is 0 Å². The second kappa shape index (κ2) is 6.11. The van der Waals surface area contributed by atoms with Gasteiger partial charge >= 0.3 is 0 Å². The Labute approximate surface area is 138 Å². The van der Waals surface area contributed by atoms with Crippen molar-refractivity contribution in [3.05, 3.63) is 54.9 Å². The number of hydrogen-bond donors (Lipinski definition) is 1. The third kappa shape index (κ3) is 2.83. The van der Waals surface area contributed by atoms with Crippen molar-refractivity contribution in [2.75, 3.05) is 0 Å². The standard InChI is InChI=1S/C17H15N5O2/c23-16-11-12(22-10-9-18-21-22)5-6-14(16)15-7-8-17(20-19-15)24-13-3-1-2-4-13/h1-2,5-11,13,23H,3-4H2. The average molecular weight is 321 g/mol. The van der Waals surface area contributed by atoms with E-state index >= 15 is 0 Å². The van der Waals surface area contributed by atoms with Crippen LogP contribution in [-0.2, 0) is 0 Å². The van der Waals surface area contributed by atoms with E-state index in [9.17, 15) is 5.11 Å². The predicted molar refractivity (Wildman–Crippen MR) is 86.8 cm³/mol. The van der Waals surface area contributed by atoms with Crippen molar-refractivity contribution in [1.82, 2.24) is 25.2 Å². The molecule has 1 aromatic carbocycles. The number of ether oxygens (including phenoxy) is 1. The first-order valence-corrected chi connectivity index (χ1v) is 7.65. The minimum atomic E-state index is 0.103. The van der Waals surface area contributed by atoms with Gasteiger partial charge in [-0.15, -0.1) is 15.3 Å². The molecule has 1 aliphatic rings. The summed E-state index contributed by atoms with van der Waals surface area (Å²) in [5.74, 6) is 0.595. The molecule has 0 amide bonds. The molecule has 0 fully saturated rings. The van der Waals surface area contributed by atoms with Crippen molar-refractivity contribution < 1.29 is 9.84 Å². The Bertz CT molecular complexity index is 851. The molecule has 0 spiro atoms. The minimum Gasteiger partial charge on any atom is -0.507 e. The lowest BCUT2D eigenvalue weighted by molar-refractivity contribution is 0.205. The molecule has 120 valence electrons. The zero-order chi connectivity index (χ0) is 16.4. The normalized spacial score (nSPS) is 14.2. The molecule has 7 nitrogen and oxygen atoms in total. The molecule has 4 rings (SSSR count). The average Bonchev–Trinajstić information content (AvgIpc) is 3.29. The lowest BCUT2D eigenvalue weighted by Gasteiger charge is -2.12. The number of rotatable bonds is 4. The molecule has 0 radical (unpaired) electrons. The number of benzene rings is 1. The van der Waals surface area contributed by atoms with Crippen LogP contribution in [0.4, 0.5) is 0 Å². The van der Waals surface area contributed by atoms with Crippen LogP contribution in [0.5, 0.6) is 11.6 Å². The smallest absolute Gasteiger partial charge is 0.233 e. The summed E-state index contributed by atoms with van der Waals surface area (Å²) in [6.07, 6.45) is 9.41. The largest absolute Gasteiger partial charge is 0.507 e. The molecular formula is C17H15N5O2. The monoisotopic (exact) mass is 321 g/mol. The van der Waals surface area contributed by atoms with Gasteiger partial charge in [0.2, 0.25) is 5.88 Å². The molecule has 0 bridgehead atoms. The lowest BCUT2D eigenvalue weighted by Crippen LogP contribution is -2.12. The van der Waals surface area contributed by atoms with Gasteiger partial charge in [0.25, 0.3) is 0 Å². The van der Waals surface area contributed by atoms with E-state index in [1.54, 1.807) is 41.3 Å². The van der Waals surface area contributed by atoms with Crippen molar-refractivity contribution >= 4 is 0 Å². The summed E-state index contributed by atoms with van der Waals surface area (Å²) < 4.78 is 7.32. The zero-order valence-corrected chi connectivity index (χ0v) is 12.8. The lowest BCUT2D eigenvalue weighted by atomic mass is 10.1. The summed E-state index contributed by atoms with van der Waals surface area (Å²) >= 11 is 0. The Morgan fingerprint density at radius 1 is 1.08 bits per heavy atom. The van der Waals surface area contributed by atoms with Gasteiger partial charge in [-0.1, -0.05) is 17.4 Å². The van der Waals surface area contributed by atoms with Crippen LogP contribution >= 0.6 is 0 Å². The van der Waals surface area contributed by atoms with Gasteiger partial charge in [-0.05, 0) is 18.2 Å². The molecule has 24 heavy (non-hydrogen) atoms. The number of phenolic OH excluding ortho intramolecular Hbond substituents is 1. The van der Waals surface area contributed by atoms with Crippen LogP contribution in [0.25, 0.3) is 16.9 Å². The first kappa shape index (κ1) is 14.4. The highest BCUT2D eigenvalue weighted by Gasteiger charge is 2.14. The van der Waals surface area contributed by atoms with Gasteiger partial charge in [-0.25, -0.2) is 4.68 Å². The van der Waals surface area contributed by atoms with E-state index < -0.39 is 0 Å². The molecule has 0 atom stereocenters. The van der Waals surface area contributed by atoms with Crippen LogP contribution in [0.3, 0.4) is 0 Å². The summed E-state index contributed by atoms with van der Waals surface area (Å²) in [7, 11) is 0. The van der Waals surface area contributed by atoms with Gasteiger partial charge < -0.3 is 9.84 Å². The van der Waals surface area contributed by atoms with Crippen LogP contribution in [0.15, 0.2) is 54.9 Å². The second-order valence-electron chi connectivity index (χ2n) is 5.49. The van der Waals surface area contributed by atoms with E-state index in [0.717, 1.165) is 18.5 Å². The highest BCUT2D eigenvalue weighted by molar-refractivity contribution is 5.68. The first-order valence-electron chi connectivity index (χ1n) is 7.65. The summed E-state index contributed by atoms with van der Waals surface area (Å²) in [6.45, 7) is 0. The quantitative estimate of drug-likeness (QED) is 0.743. The molecule has 0 aliphatic heterocycles. The van der Waals surface area contributed by atoms with Gasteiger partial charge in [0.1, 0.15) is 11.9 Å². The Balaban J connectivity index is 1.55. The molecule has 1 aliphatic carbocycles. The number of nitrogens with zero attached hydrogens (tertiary/aromatic N) is 5. The molecule has 2 heterocycles. The molecule has 2 aromatic heterocycles. The van der Waals surface area contributed by atoms with E-state index in [1.165, 1.54) is 0 Å². The van der Waals surface area contributed by atoms with Crippen LogP contribution in [0.2, 0.25) is 0 Å². The maximum absolute atomic E-state index is 10.3. The molecule has 0 saturated heterocycles. The fourth-order valence-electron chi connectivity index (χ4n) is 2.61. The Morgan fingerprint density at radius 2 is 1.96 bits per heavy atom. The Hall–Kier alpha value is -3.22. The maximum atomic E-state index is 10.3. The summed E-state index contributed by atoms with van der Waals surface area (Å²) in [5.41, 5.74) is 1.89. The first-order chi connectivity index (χ1) is 11.8. The van der Waals surface area contributed by atoms with E-state index in [2.05, 4.69) is 32.7 Å². The molecule has 3 aromatic rings. The SMILES string of the molecule is Oc1cc(-n2ccnn2)ccc1-c1ccc(OC2CC=CC2)nn1.